The molecule has 136 valence electrons. The first-order valence-corrected chi connectivity index (χ1v) is 9.03. The lowest BCUT2D eigenvalue weighted by atomic mass is 10.1. The molecule has 0 aliphatic heterocycles. The Balaban J connectivity index is 1.64. The van der Waals surface area contributed by atoms with Crippen LogP contribution in [0.15, 0.2) is 42.5 Å². The molecule has 0 saturated heterocycles. The first kappa shape index (κ1) is 19.5. The number of rotatable bonds is 8. The van der Waals surface area contributed by atoms with Gasteiger partial charge in [0.2, 0.25) is 5.91 Å². The summed E-state index contributed by atoms with van der Waals surface area (Å²) in [6.07, 6.45) is 0.245. The lowest BCUT2D eigenvalue weighted by Crippen LogP contribution is -2.41. The van der Waals surface area contributed by atoms with E-state index in [-0.39, 0.29) is 37.2 Å². The van der Waals surface area contributed by atoms with E-state index in [0.717, 1.165) is 4.88 Å². The molecule has 0 fully saturated rings. The van der Waals surface area contributed by atoms with Gasteiger partial charge in [-0.05, 0) is 31.2 Å². The van der Waals surface area contributed by atoms with E-state index in [4.69, 9.17) is 0 Å². The molecule has 26 heavy (non-hydrogen) atoms. The zero-order chi connectivity index (χ0) is 18.9. The second-order valence-electron chi connectivity index (χ2n) is 5.74. The number of amides is 2. The summed E-state index contributed by atoms with van der Waals surface area (Å²) in [6, 6.07) is 12.1. The molecule has 1 heterocycles. The average molecular weight is 372 g/mol. The standard InChI is InChI=1S/C19H20N2O4S/c1-13-7-11-17(26-13)16(23)10-8-15(22)9-12-18(24)20-21-19(25)14-5-3-2-4-6-14/h2-7,11H,8-10,12H2,1H3,(H,20,24)(H,21,25). The topological polar surface area (TPSA) is 92.3 Å². The summed E-state index contributed by atoms with van der Waals surface area (Å²) in [5.74, 6) is -1.10. The fourth-order valence-electron chi connectivity index (χ4n) is 2.19. The Kier molecular flexibility index (Phi) is 7.23. The number of carbonyl (C=O) groups excluding carboxylic acids is 4. The highest BCUT2D eigenvalue weighted by Crippen LogP contribution is 2.17. The van der Waals surface area contributed by atoms with E-state index < -0.39 is 11.8 Å². The number of carbonyl (C=O) groups is 4. The number of Topliss-reactive ketones (excluding diaryl/α,β-unsaturated/α-hetero) is 2. The van der Waals surface area contributed by atoms with Gasteiger partial charge in [-0.2, -0.15) is 0 Å². The van der Waals surface area contributed by atoms with Crippen LogP contribution in [-0.2, 0) is 9.59 Å². The number of hydrogen-bond acceptors (Lipinski definition) is 5. The summed E-state index contributed by atoms with van der Waals surface area (Å²) in [5.41, 5.74) is 4.99. The molecule has 1 aromatic heterocycles. The van der Waals surface area contributed by atoms with Gasteiger partial charge in [0, 0.05) is 36.1 Å². The molecule has 0 bridgehead atoms. The van der Waals surface area contributed by atoms with E-state index in [2.05, 4.69) is 10.9 Å². The average Bonchev–Trinajstić information content (AvgIpc) is 3.09. The molecular formula is C19H20N2O4S. The van der Waals surface area contributed by atoms with Crippen molar-refractivity contribution in [3.05, 3.63) is 57.8 Å². The van der Waals surface area contributed by atoms with Crippen LogP contribution in [0.3, 0.4) is 0 Å². The molecule has 2 aromatic rings. The number of hydrazine groups is 1. The highest BCUT2D eigenvalue weighted by molar-refractivity contribution is 7.14. The van der Waals surface area contributed by atoms with Crippen LogP contribution in [0.4, 0.5) is 0 Å². The minimum absolute atomic E-state index is 0.0315. The van der Waals surface area contributed by atoms with Crippen molar-refractivity contribution in [2.75, 3.05) is 0 Å². The number of hydrogen-bond donors (Lipinski definition) is 2. The molecule has 2 rings (SSSR count). The van der Waals surface area contributed by atoms with Gasteiger partial charge in [-0.1, -0.05) is 18.2 Å². The maximum Gasteiger partial charge on any atom is 0.269 e. The largest absolute Gasteiger partial charge is 0.300 e. The van der Waals surface area contributed by atoms with Crippen LogP contribution in [0.1, 0.15) is 50.6 Å². The Hall–Kier alpha value is -2.80. The Bertz CT molecular complexity index is 799. The van der Waals surface area contributed by atoms with Gasteiger partial charge in [0.1, 0.15) is 5.78 Å². The summed E-state index contributed by atoms with van der Waals surface area (Å²) in [4.78, 5) is 48.9. The van der Waals surface area contributed by atoms with E-state index >= 15 is 0 Å². The minimum atomic E-state index is -0.456. The summed E-state index contributed by atoms with van der Waals surface area (Å²) >= 11 is 1.41. The van der Waals surface area contributed by atoms with Crippen LogP contribution in [0.25, 0.3) is 0 Å². The third-order valence-corrected chi connectivity index (χ3v) is 4.67. The van der Waals surface area contributed by atoms with Crippen molar-refractivity contribution in [3.63, 3.8) is 0 Å². The smallest absolute Gasteiger partial charge is 0.269 e. The number of aryl methyl sites for hydroxylation is 1. The Labute approximate surface area is 155 Å². The third kappa shape index (κ3) is 6.25. The monoisotopic (exact) mass is 372 g/mol. The van der Waals surface area contributed by atoms with Crippen molar-refractivity contribution in [2.24, 2.45) is 0 Å². The van der Waals surface area contributed by atoms with Crippen LogP contribution < -0.4 is 10.9 Å². The molecule has 2 amide bonds. The molecule has 0 atom stereocenters. The van der Waals surface area contributed by atoms with E-state index in [1.54, 1.807) is 36.4 Å². The van der Waals surface area contributed by atoms with Crippen LogP contribution >= 0.6 is 11.3 Å². The van der Waals surface area contributed by atoms with Gasteiger partial charge in [-0.25, -0.2) is 0 Å². The maximum atomic E-state index is 11.9. The lowest BCUT2D eigenvalue weighted by Gasteiger charge is -2.07. The Morgan fingerprint density at radius 3 is 2.19 bits per heavy atom. The molecule has 0 radical (unpaired) electrons. The molecule has 0 spiro atoms. The molecule has 0 aliphatic rings. The van der Waals surface area contributed by atoms with Crippen molar-refractivity contribution in [1.82, 2.24) is 10.9 Å². The minimum Gasteiger partial charge on any atom is -0.300 e. The summed E-state index contributed by atoms with van der Waals surface area (Å²) in [6.45, 7) is 1.92. The van der Waals surface area contributed by atoms with Crippen LogP contribution in [0.5, 0.6) is 0 Å². The molecule has 6 nitrogen and oxygen atoms in total. The summed E-state index contributed by atoms with van der Waals surface area (Å²) < 4.78 is 0. The highest BCUT2D eigenvalue weighted by Gasteiger charge is 2.13. The van der Waals surface area contributed by atoms with Gasteiger partial charge in [-0.15, -0.1) is 11.3 Å². The Morgan fingerprint density at radius 1 is 0.846 bits per heavy atom. The predicted molar refractivity (Wildman–Crippen MR) is 98.9 cm³/mol. The van der Waals surface area contributed by atoms with E-state index in [0.29, 0.717) is 10.4 Å². The highest BCUT2D eigenvalue weighted by atomic mass is 32.1. The number of ketones is 2. The number of nitrogens with one attached hydrogen (secondary N) is 2. The zero-order valence-electron chi connectivity index (χ0n) is 14.4. The van der Waals surface area contributed by atoms with Crippen molar-refractivity contribution >= 4 is 34.7 Å². The second kappa shape index (κ2) is 9.62. The van der Waals surface area contributed by atoms with Crippen molar-refractivity contribution in [2.45, 2.75) is 32.6 Å². The SMILES string of the molecule is Cc1ccc(C(=O)CCC(=O)CCC(=O)NNC(=O)c2ccccc2)s1. The second-order valence-corrected chi connectivity index (χ2v) is 7.03. The first-order valence-electron chi connectivity index (χ1n) is 8.21. The molecule has 0 unspecified atom stereocenters. The third-order valence-electron chi connectivity index (χ3n) is 3.63. The van der Waals surface area contributed by atoms with Gasteiger partial charge in [0.25, 0.3) is 5.91 Å². The van der Waals surface area contributed by atoms with Gasteiger partial charge >= 0.3 is 0 Å². The molecule has 1 aromatic carbocycles. The van der Waals surface area contributed by atoms with E-state index in [9.17, 15) is 19.2 Å². The fourth-order valence-corrected chi connectivity index (χ4v) is 3.02. The fraction of sp³-hybridized carbons (Fsp3) is 0.263. The Morgan fingerprint density at radius 2 is 1.54 bits per heavy atom. The predicted octanol–water partition coefficient (Wildman–Crippen LogP) is 2.83. The molecule has 0 saturated carbocycles. The quantitative estimate of drug-likeness (QED) is 0.550. The number of thiophene rings is 1. The summed E-state index contributed by atoms with van der Waals surface area (Å²) in [7, 11) is 0. The van der Waals surface area contributed by atoms with Crippen LogP contribution in [0.2, 0.25) is 0 Å². The molecule has 2 N–H and O–H groups in total. The van der Waals surface area contributed by atoms with Crippen LogP contribution in [-0.4, -0.2) is 23.4 Å². The molecular weight excluding hydrogens is 352 g/mol. The normalized spacial score (nSPS) is 10.2. The number of benzene rings is 1. The van der Waals surface area contributed by atoms with Crippen molar-refractivity contribution in [3.8, 4) is 0 Å². The van der Waals surface area contributed by atoms with E-state index in [1.807, 2.05) is 13.0 Å². The van der Waals surface area contributed by atoms with Gasteiger partial charge in [0.15, 0.2) is 5.78 Å². The van der Waals surface area contributed by atoms with Crippen molar-refractivity contribution < 1.29 is 19.2 Å². The molecule has 7 heteroatoms. The van der Waals surface area contributed by atoms with Crippen molar-refractivity contribution in [1.29, 1.82) is 0 Å². The van der Waals surface area contributed by atoms with Gasteiger partial charge in [-0.3, -0.25) is 30.0 Å². The van der Waals surface area contributed by atoms with Gasteiger partial charge in [0.05, 0.1) is 4.88 Å². The maximum absolute atomic E-state index is 11.9. The van der Waals surface area contributed by atoms with Crippen LogP contribution in [0, 0.1) is 6.92 Å². The summed E-state index contributed by atoms with van der Waals surface area (Å²) in [5, 5.41) is 0. The first-order chi connectivity index (χ1) is 12.5. The molecule has 0 aliphatic carbocycles. The van der Waals surface area contributed by atoms with E-state index in [1.165, 1.54) is 11.3 Å². The van der Waals surface area contributed by atoms with Gasteiger partial charge < -0.3 is 0 Å². The lowest BCUT2D eigenvalue weighted by molar-refractivity contribution is -0.125. The zero-order valence-corrected chi connectivity index (χ0v) is 15.2.